The van der Waals surface area contributed by atoms with E-state index < -0.39 is 9.28 Å². The third kappa shape index (κ3) is 16.8. The Morgan fingerprint density at radius 1 is 0.826 bits per heavy atom. The first-order valence-electron chi connectivity index (χ1n) is 9.63. The van der Waals surface area contributed by atoms with Crippen molar-refractivity contribution in [3.05, 3.63) is 0 Å². The van der Waals surface area contributed by atoms with E-state index in [0.29, 0.717) is 5.12 Å². The number of carbonyl (C=O) groups is 1. The molecule has 0 aliphatic heterocycles. The molecule has 5 heteroatoms. The molecular weight excluding hydrogens is 324 g/mol. The summed E-state index contributed by atoms with van der Waals surface area (Å²) in [5, 5.41) is 0.359. The van der Waals surface area contributed by atoms with E-state index >= 15 is 0 Å². The van der Waals surface area contributed by atoms with Crippen LogP contribution in [0.5, 0.6) is 0 Å². The summed E-state index contributed by atoms with van der Waals surface area (Å²) in [6.07, 6.45) is 11.1. The highest BCUT2D eigenvalue weighted by molar-refractivity contribution is 8.13. The molecule has 0 aromatic carbocycles. The van der Waals surface area contributed by atoms with Crippen LogP contribution in [0.1, 0.15) is 85.0 Å². The molecule has 0 saturated carbocycles. The Hall–Kier alpha value is 0.157. The van der Waals surface area contributed by atoms with Gasteiger partial charge >= 0.3 is 9.28 Å². The second-order valence-electron chi connectivity index (χ2n) is 6.05. The fourth-order valence-electron chi connectivity index (χ4n) is 2.14. The topological polar surface area (TPSA) is 35.5 Å². The van der Waals surface area contributed by atoms with Gasteiger partial charge < -0.3 is 8.85 Å². The minimum absolute atomic E-state index is 0.359. The van der Waals surface area contributed by atoms with Crippen molar-refractivity contribution in [2.45, 2.75) is 91.0 Å². The van der Waals surface area contributed by atoms with E-state index in [1.807, 2.05) is 0 Å². The Morgan fingerprint density at radius 3 is 2.00 bits per heavy atom. The fourth-order valence-corrected chi connectivity index (χ4v) is 5.09. The predicted molar refractivity (Wildman–Crippen MR) is 105 cm³/mol. The van der Waals surface area contributed by atoms with Crippen molar-refractivity contribution in [2.75, 3.05) is 19.0 Å². The average molecular weight is 363 g/mol. The van der Waals surface area contributed by atoms with Gasteiger partial charge in [0.15, 0.2) is 5.12 Å². The summed E-state index contributed by atoms with van der Waals surface area (Å²) < 4.78 is 11.9. The number of thioether (sulfide) groups is 1. The standard InChI is InChI=1S/C18H38O3SSi/c1-4-7-10-11-13-18(19)22-16-12-17-23(20-14-8-5-2)21-15-9-6-3/h23H,4-17H2,1-3H3. The van der Waals surface area contributed by atoms with Crippen LogP contribution < -0.4 is 0 Å². The van der Waals surface area contributed by atoms with Crippen molar-refractivity contribution >= 4 is 26.2 Å². The van der Waals surface area contributed by atoms with Crippen LogP contribution in [0.3, 0.4) is 0 Å². The third-order valence-electron chi connectivity index (χ3n) is 3.68. The van der Waals surface area contributed by atoms with E-state index in [0.717, 1.165) is 57.1 Å². The zero-order valence-electron chi connectivity index (χ0n) is 15.6. The lowest BCUT2D eigenvalue weighted by Gasteiger charge is -2.16. The van der Waals surface area contributed by atoms with Gasteiger partial charge in [-0.3, -0.25) is 4.79 Å². The number of hydrogen-bond donors (Lipinski definition) is 0. The maximum Gasteiger partial charge on any atom is 0.321 e. The summed E-state index contributed by atoms with van der Waals surface area (Å²) in [7, 11) is -1.52. The van der Waals surface area contributed by atoms with E-state index in [1.54, 1.807) is 0 Å². The molecule has 0 amide bonds. The van der Waals surface area contributed by atoms with Gasteiger partial charge in [0.1, 0.15) is 0 Å². The zero-order chi connectivity index (χ0) is 17.2. The first kappa shape index (κ1) is 23.2. The lowest BCUT2D eigenvalue weighted by Crippen LogP contribution is -2.24. The highest BCUT2D eigenvalue weighted by Crippen LogP contribution is 2.14. The normalized spacial score (nSPS) is 11.3. The molecule has 3 nitrogen and oxygen atoms in total. The molecule has 0 unspecified atom stereocenters. The maximum absolute atomic E-state index is 11.8. The Bertz CT molecular complexity index is 255. The van der Waals surface area contributed by atoms with Crippen molar-refractivity contribution < 1.29 is 13.6 Å². The Morgan fingerprint density at radius 2 is 1.43 bits per heavy atom. The molecule has 0 bridgehead atoms. The van der Waals surface area contributed by atoms with Gasteiger partial charge in [-0.05, 0) is 31.7 Å². The van der Waals surface area contributed by atoms with Gasteiger partial charge in [-0.1, -0.05) is 64.6 Å². The average Bonchev–Trinajstić information content (AvgIpc) is 2.55. The molecule has 23 heavy (non-hydrogen) atoms. The molecule has 0 radical (unpaired) electrons. The molecule has 0 fully saturated rings. The van der Waals surface area contributed by atoms with Crippen molar-refractivity contribution in [3.8, 4) is 0 Å². The second-order valence-corrected chi connectivity index (χ2v) is 9.31. The van der Waals surface area contributed by atoms with Crippen molar-refractivity contribution in [2.24, 2.45) is 0 Å². The lowest BCUT2D eigenvalue weighted by atomic mass is 10.2. The Kier molecular flexibility index (Phi) is 18.6. The highest BCUT2D eigenvalue weighted by Gasteiger charge is 2.13. The SMILES string of the molecule is CCCCCCC(=O)SCCC[SiH](OCCCC)OCCCC. The Labute approximate surface area is 150 Å². The molecule has 0 spiro atoms. The van der Waals surface area contributed by atoms with Crippen LogP contribution in [-0.4, -0.2) is 33.4 Å². The molecule has 0 N–H and O–H groups in total. The van der Waals surface area contributed by atoms with Crippen LogP contribution in [0.15, 0.2) is 0 Å². The molecule has 0 rings (SSSR count). The van der Waals surface area contributed by atoms with E-state index in [-0.39, 0.29) is 0 Å². The molecule has 0 aliphatic carbocycles. The smallest absolute Gasteiger partial charge is 0.321 e. The van der Waals surface area contributed by atoms with Gasteiger partial charge in [0, 0.05) is 25.4 Å². The van der Waals surface area contributed by atoms with Crippen LogP contribution in [0.25, 0.3) is 0 Å². The van der Waals surface area contributed by atoms with Gasteiger partial charge in [0.25, 0.3) is 0 Å². The Balaban J connectivity index is 3.71. The van der Waals surface area contributed by atoms with E-state index in [2.05, 4.69) is 20.8 Å². The molecule has 0 heterocycles. The minimum Gasteiger partial charge on any atom is -0.397 e. The molecule has 0 aromatic heterocycles. The highest BCUT2D eigenvalue weighted by atomic mass is 32.2. The minimum atomic E-state index is -1.52. The van der Waals surface area contributed by atoms with Crippen molar-refractivity contribution in [1.29, 1.82) is 0 Å². The molecule has 0 atom stereocenters. The van der Waals surface area contributed by atoms with Crippen LogP contribution in [0.2, 0.25) is 6.04 Å². The third-order valence-corrected chi connectivity index (χ3v) is 6.80. The van der Waals surface area contributed by atoms with Crippen molar-refractivity contribution in [1.82, 2.24) is 0 Å². The van der Waals surface area contributed by atoms with Gasteiger partial charge in [-0.2, -0.15) is 0 Å². The number of carbonyl (C=O) groups excluding carboxylic acids is 1. The summed E-state index contributed by atoms with van der Waals surface area (Å²) in [6, 6.07) is 1.03. The predicted octanol–water partition coefficient (Wildman–Crippen LogP) is 5.46. The second kappa shape index (κ2) is 18.5. The van der Waals surface area contributed by atoms with Gasteiger partial charge in [0.2, 0.25) is 0 Å². The van der Waals surface area contributed by atoms with Gasteiger partial charge in [-0.15, -0.1) is 0 Å². The van der Waals surface area contributed by atoms with Crippen LogP contribution in [0, 0.1) is 0 Å². The summed E-state index contributed by atoms with van der Waals surface area (Å²) in [4.78, 5) is 11.8. The van der Waals surface area contributed by atoms with Gasteiger partial charge in [0.05, 0.1) is 0 Å². The van der Waals surface area contributed by atoms with Gasteiger partial charge in [-0.25, -0.2) is 0 Å². The zero-order valence-corrected chi connectivity index (χ0v) is 17.6. The number of rotatable bonds is 17. The first-order chi connectivity index (χ1) is 11.2. The summed E-state index contributed by atoms with van der Waals surface area (Å²) in [5.41, 5.74) is 0. The van der Waals surface area contributed by atoms with Crippen molar-refractivity contribution in [3.63, 3.8) is 0 Å². The monoisotopic (exact) mass is 362 g/mol. The maximum atomic E-state index is 11.8. The molecule has 0 aromatic rings. The number of unbranched alkanes of at least 4 members (excludes halogenated alkanes) is 5. The summed E-state index contributed by atoms with van der Waals surface area (Å²) in [6.45, 7) is 8.23. The van der Waals surface area contributed by atoms with Crippen LogP contribution >= 0.6 is 11.8 Å². The summed E-state index contributed by atoms with van der Waals surface area (Å²) in [5.74, 6) is 0.921. The first-order valence-corrected chi connectivity index (χ1v) is 12.4. The van der Waals surface area contributed by atoms with E-state index in [1.165, 1.54) is 43.9 Å². The molecule has 138 valence electrons. The van der Waals surface area contributed by atoms with Crippen LogP contribution in [-0.2, 0) is 13.6 Å². The number of hydrogen-bond acceptors (Lipinski definition) is 4. The van der Waals surface area contributed by atoms with Crippen LogP contribution in [0.4, 0.5) is 0 Å². The largest absolute Gasteiger partial charge is 0.397 e. The lowest BCUT2D eigenvalue weighted by molar-refractivity contribution is -0.111. The molecule has 0 aliphatic rings. The molecule has 0 saturated heterocycles. The van der Waals surface area contributed by atoms with E-state index in [4.69, 9.17) is 8.85 Å². The quantitative estimate of drug-likeness (QED) is 0.254. The fraction of sp³-hybridized carbons (Fsp3) is 0.944. The molecular formula is C18H38O3SSi. The summed E-state index contributed by atoms with van der Waals surface area (Å²) >= 11 is 1.51. The van der Waals surface area contributed by atoms with E-state index in [9.17, 15) is 4.79 Å².